The molecule has 2 aromatic heterocycles. The molecule has 1 aliphatic carbocycles. The first-order valence-corrected chi connectivity index (χ1v) is 9.69. The van der Waals surface area contributed by atoms with Crippen LogP contribution in [0.4, 0.5) is 0 Å². The van der Waals surface area contributed by atoms with E-state index in [1.807, 2.05) is 31.6 Å². The Bertz CT molecular complexity index is 923. The molecule has 2 aliphatic rings. The molecule has 27 heavy (non-hydrogen) atoms. The highest BCUT2D eigenvalue weighted by Gasteiger charge is 2.53. The molecule has 5 heteroatoms. The number of aryl methyl sites for hydroxylation is 1. The molecule has 1 spiro atoms. The summed E-state index contributed by atoms with van der Waals surface area (Å²) in [6, 6.07) is 10.6. The van der Waals surface area contributed by atoms with E-state index in [4.69, 9.17) is 4.42 Å². The fraction of sp³-hybridized carbons (Fsp3) is 0.409. The molecule has 5 nitrogen and oxygen atoms in total. The van der Waals surface area contributed by atoms with Crippen molar-refractivity contribution in [3.63, 3.8) is 0 Å². The van der Waals surface area contributed by atoms with Gasteiger partial charge in [0.05, 0.1) is 24.7 Å². The smallest absolute Gasteiger partial charge is 0.106 e. The number of likely N-dealkylation sites (tertiary alicyclic amines) is 1. The average molecular weight is 363 g/mol. The number of hydrogen-bond acceptors (Lipinski definition) is 4. The van der Waals surface area contributed by atoms with Gasteiger partial charge in [-0.05, 0) is 50.0 Å². The molecule has 0 bridgehead atoms. The van der Waals surface area contributed by atoms with Gasteiger partial charge < -0.3 is 14.1 Å². The van der Waals surface area contributed by atoms with E-state index in [9.17, 15) is 5.11 Å². The molecule has 1 fully saturated rings. The Morgan fingerprint density at radius 1 is 1.22 bits per heavy atom. The van der Waals surface area contributed by atoms with E-state index >= 15 is 0 Å². The van der Waals surface area contributed by atoms with E-state index in [0.29, 0.717) is 0 Å². The second-order valence-electron chi connectivity index (χ2n) is 7.92. The number of nitrogens with zero attached hydrogens (tertiary/aromatic N) is 3. The first kappa shape index (κ1) is 16.8. The maximum Gasteiger partial charge on any atom is 0.106 e. The molecule has 0 radical (unpaired) electrons. The molecule has 1 N–H and O–H groups in total. The van der Waals surface area contributed by atoms with Gasteiger partial charge in [0.2, 0.25) is 0 Å². The molecule has 0 unspecified atom stereocenters. The molecule has 3 heterocycles. The van der Waals surface area contributed by atoms with Gasteiger partial charge in [-0.25, -0.2) is 4.98 Å². The zero-order chi connectivity index (χ0) is 18.4. The van der Waals surface area contributed by atoms with Gasteiger partial charge in [-0.1, -0.05) is 24.3 Å². The van der Waals surface area contributed by atoms with E-state index < -0.39 is 6.10 Å². The van der Waals surface area contributed by atoms with Crippen molar-refractivity contribution >= 4 is 0 Å². The Morgan fingerprint density at radius 3 is 2.74 bits per heavy atom. The van der Waals surface area contributed by atoms with Crippen LogP contribution in [0.1, 0.15) is 41.4 Å². The third kappa shape index (κ3) is 2.57. The van der Waals surface area contributed by atoms with Crippen molar-refractivity contribution in [3.05, 3.63) is 77.8 Å². The first-order chi connectivity index (χ1) is 13.2. The number of fused-ring (bicyclic) bond motifs is 2. The lowest BCUT2D eigenvalue weighted by Gasteiger charge is -2.43. The van der Waals surface area contributed by atoms with Gasteiger partial charge in [0.1, 0.15) is 5.82 Å². The van der Waals surface area contributed by atoms with Gasteiger partial charge in [0.25, 0.3) is 0 Å². The molecular weight excluding hydrogens is 338 g/mol. The number of aliphatic hydroxyl groups excluding tert-OH is 1. The third-order valence-corrected chi connectivity index (χ3v) is 6.58. The summed E-state index contributed by atoms with van der Waals surface area (Å²) in [5.41, 5.74) is 3.60. The van der Waals surface area contributed by atoms with Gasteiger partial charge in [-0.15, -0.1) is 0 Å². The number of piperidine rings is 1. The van der Waals surface area contributed by atoms with Crippen molar-refractivity contribution in [3.8, 4) is 0 Å². The maximum absolute atomic E-state index is 11.5. The summed E-state index contributed by atoms with van der Waals surface area (Å²) in [6.07, 6.45) is 8.87. The largest absolute Gasteiger partial charge is 0.472 e. The minimum atomic E-state index is -0.432. The zero-order valence-electron chi connectivity index (χ0n) is 15.6. The number of aliphatic hydroxyl groups is 1. The van der Waals surface area contributed by atoms with Crippen molar-refractivity contribution in [2.24, 2.45) is 0 Å². The van der Waals surface area contributed by atoms with Crippen LogP contribution in [-0.4, -0.2) is 38.8 Å². The second-order valence-corrected chi connectivity index (χ2v) is 7.92. The molecule has 2 atom stereocenters. The predicted octanol–water partition coefficient (Wildman–Crippen LogP) is 3.28. The Morgan fingerprint density at radius 2 is 2.04 bits per heavy atom. The lowest BCUT2D eigenvalue weighted by Crippen LogP contribution is -2.48. The molecule has 0 amide bonds. The van der Waals surface area contributed by atoms with E-state index in [2.05, 4.69) is 38.7 Å². The Kier molecular flexibility index (Phi) is 3.95. The van der Waals surface area contributed by atoms with Crippen molar-refractivity contribution in [2.75, 3.05) is 13.1 Å². The summed E-state index contributed by atoms with van der Waals surface area (Å²) in [7, 11) is 0. The fourth-order valence-corrected chi connectivity index (χ4v) is 5.14. The highest BCUT2D eigenvalue weighted by molar-refractivity contribution is 5.46. The molecule has 5 rings (SSSR count). The molecule has 0 saturated carbocycles. The van der Waals surface area contributed by atoms with Gasteiger partial charge in [-0.2, -0.15) is 0 Å². The van der Waals surface area contributed by atoms with Crippen molar-refractivity contribution < 1.29 is 9.52 Å². The number of aromatic nitrogens is 2. The summed E-state index contributed by atoms with van der Waals surface area (Å²) in [5.74, 6) is 0.947. The number of imidazole rings is 1. The molecule has 1 saturated heterocycles. The number of rotatable bonds is 3. The summed E-state index contributed by atoms with van der Waals surface area (Å²) < 4.78 is 7.34. The third-order valence-electron chi connectivity index (χ3n) is 6.58. The minimum Gasteiger partial charge on any atom is -0.472 e. The summed E-state index contributed by atoms with van der Waals surface area (Å²) in [4.78, 5) is 6.85. The normalized spacial score (nSPS) is 24.4. The molecular formula is C22H25N3O2. The number of benzene rings is 1. The van der Waals surface area contributed by atoms with Crippen LogP contribution in [0.25, 0.3) is 0 Å². The Balaban J connectivity index is 1.46. The SMILES string of the molecule is Cc1nccn1[C@@H]1c2ccccc2C2(CCN(Cc3ccoc3)CC2)[C@H]1O. The Hall–Kier alpha value is -2.37. The van der Waals surface area contributed by atoms with Crippen LogP contribution in [0.5, 0.6) is 0 Å². The minimum absolute atomic E-state index is 0.0517. The monoisotopic (exact) mass is 363 g/mol. The molecule has 140 valence electrons. The van der Waals surface area contributed by atoms with E-state index in [1.54, 1.807) is 6.26 Å². The van der Waals surface area contributed by atoms with E-state index in [1.165, 1.54) is 16.7 Å². The molecule has 1 aromatic carbocycles. The summed E-state index contributed by atoms with van der Waals surface area (Å²) in [5, 5.41) is 11.5. The van der Waals surface area contributed by atoms with E-state index in [-0.39, 0.29) is 11.5 Å². The first-order valence-electron chi connectivity index (χ1n) is 9.69. The van der Waals surface area contributed by atoms with Crippen LogP contribution in [0.3, 0.4) is 0 Å². The van der Waals surface area contributed by atoms with Gasteiger partial charge in [0, 0.05) is 29.9 Å². The Labute approximate surface area is 159 Å². The summed E-state index contributed by atoms with van der Waals surface area (Å²) in [6.45, 7) is 4.88. The number of furan rings is 1. The zero-order valence-corrected chi connectivity index (χ0v) is 15.6. The van der Waals surface area contributed by atoms with Crippen LogP contribution >= 0.6 is 0 Å². The highest BCUT2D eigenvalue weighted by atomic mass is 16.3. The summed E-state index contributed by atoms with van der Waals surface area (Å²) >= 11 is 0. The van der Waals surface area contributed by atoms with E-state index in [0.717, 1.165) is 38.3 Å². The van der Waals surface area contributed by atoms with Crippen LogP contribution in [0, 0.1) is 6.92 Å². The van der Waals surface area contributed by atoms with Crippen molar-refractivity contribution in [1.82, 2.24) is 14.5 Å². The highest BCUT2D eigenvalue weighted by Crippen LogP contribution is 2.52. The van der Waals surface area contributed by atoms with Gasteiger partial charge in [0.15, 0.2) is 0 Å². The van der Waals surface area contributed by atoms with Crippen LogP contribution in [-0.2, 0) is 12.0 Å². The lowest BCUT2D eigenvalue weighted by atomic mass is 9.72. The second kappa shape index (κ2) is 6.36. The van der Waals surface area contributed by atoms with Crippen LogP contribution in [0.15, 0.2) is 59.7 Å². The molecule has 1 aliphatic heterocycles. The van der Waals surface area contributed by atoms with Crippen molar-refractivity contribution in [2.45, 2.75) is 43.9 Å². The van der Waals surface area contributed by atoms with Crippen LogP contribution < -0.4 is 0 Å². The van der Waals surface area contributed by atoms with Crippen LogP contribution in [0.2, 0.25) is 0 Å². The average Bonchev–Trinajstić information content (AvgIpc) is 3.39. The maximum atomic E-state index is 11.5. The molecule has 3 aromatic rings. The predicted molar refractivity (Wildman–Crippen MR) is 102 cm³/mol. The van der Waals surface area contributed by atoms with Gasteiger partial charge in [-0.3, -0.25) is 4.90 Å². The van der Waals surface area contributed by atoms with Gasteiger partial charge >= 0.3 is 0 Å². The van der Waals surface area contributed by atoms with Crippen molar-refractivity contribution in [1.29, 1.82) is 0 Å². The lowest BCUT2D eigenvalue weighted by molar-refractivity contribution is 0.0201. The quantitative estimate of drug-likeness (QED) is 0.776. The standard InChI is InChI=1S/C22H25N3O2/c1-16-23-9-12-25(16)20-18-4-2-3-5-19(18)22(21(20)26)7-10-24(11-8-22)14-17-6-13-27-15-17/h2-6,9,12-13,15,20-21,26H,7-8,10-11,14H2,1H3/t20-,21+/m1/s1. The fourth-order valence-electron chi connectivity index (χ4n) is 5.14. The topological polar surface area (TPSA) is 54.4 Å². The number of hydrogen-bond donors (Lipinski definition) is 1.